The molecule has 1 atom stereocenters. The molecule has 2 aromatic rings. The number of likely N-dealkylation sites (tertiary alicyclic amines) is 1. The summed E-state index contributed by atoms with van der Waals surface area (Å²) in [6.07, 6.45) is 3.04. The Kier molecular flexibility index (Phi) is 6.79. The van der Waals surface area contributed by atoms with Crippen LogP contribution in [0.3, 0.4) is 0 Å². The number of benzene rings is 1. The van der Waals surface area contributed by atoms with Crippen molar-refractivity contribution >= 4 is 5.91 Å². The standard InChI is InChI=1S/C22H32N4O3/c1-16-13-19(23-25(16)3)22(27)26-11-6-7-18(15-26)24(2)12-10-17-8-9-20(28-4)21(14-17)29-5/h8-9,13-14,18H,6-7,10-12,15H2,1-5H3/t18-/m1/s1. The highest BCUT2D eigenvalue weighted by molar-refractivity contribution is 5.92. The third-order valence-electron chi connectivity index (χ3n) is 5.84. The van der Waals surface area contributed by atoms with E-state index in [-0.39, 0.29) is 5.91 Å². The molecule has 3 rings (SSSR count). The summed E-state index contributed by atoms with van der Waals surface area (Å²) >= 11 is 0. The molecule has 0 spiro atoms. The number of carbonyl (C=O) groups excluding carboxylic acids is 1. The lowest BCUT2D eigenvalue weighted by atomic mass is 10.0. The Labute approximate surface area is 173 Å². The minimum absolute atomic E-state index is 0.0340. The van der Waals surface area contributed by atoms with E-state index in [9.17, 15) is 4.79 Å². The molecule has 1 saturated heterocycles. The van der Waals surface area contributed by atoms with Crippen LogP contribution in [-0.2, 0) is 13.5 Å². The normalized spacial score (nSPS) is 16.9. The van der Waals surface area contributed by atoms with Crippen LogP contribution < -0.4 is 9.47 Å². The van der Waals surface area contributed by atoms with Gasteiger partial charge in [-0.1, -0.05) is 6.07 Å². The molecule has 1 aromatic heterocycles. The average Bonchev–Trinajstić information content (AvgIpc) is 3.09. The number of aromatic nitrogens is 2. The molecule has 0 bridgehead atoms. The quantitative estimate of drug-likeness (QED) is 0.715. The third-order valence-corrected chi connectivity index (χ3v) is 5.84. The highest BCUT2D eigenvalue weighted by Crippen LogP contribution is 2.28. The first-order chi connectivity index (χ1) is 13.9. The highest BCUT2D eigenvalue weighted by Gasteiger charge is 2.28. The molecule has 1 amide bonds. The van der Waals surface area contributed by atoms with Gasteiger partial charge in [0, 0.05) is 38.4 Å². The Morgan fingerprint density at radius 3 is 2.66 bits per heavy atom. The van der Waals surface area contributed by atoms with Crippen molar-refractivity contribution in [1.29, 1.82) is 0 Å². The molecule has 0 unspecified atom stereocenters. The number of hydrogen-bond donors (Lipinski definition) is 0. The first-order valence-electron chi connectivity index (χ1n) is 10.1. The molecule has 0 saturated carbocycles. The van der Waals surface area contributed by atoms with Gasteiger partial charge in [-0.25, -0.2) is 0 Å². The van der Waals surface area contributed by atoms with E-state index in [2.05, 4.69) is 23.1 Å². The monoisotopic (exact) mass is 400 g/mol. The van der Waals surface area contributed by atoms with Crippen LogP contribution >= 0.6 is 0 Å². The maximum Gasteiger partial charge on any atom is 0.274 e. The molecule has 1 aromatic carbocycles. The van der Waals surface area contributed by atoms with Gasteiger partial charge in [0.15, 0.2) is 17.2 Å². The van der Waals surface area contributed by atoms with E-state index >= 15 is 0 Å². The van der Waals surface area contributed by atoms with Crippen LogP contribution in [0, 0.1) is 6.92 Å². The number of piperidine rings is 1. The Morgan fingerprint density at radius 2 is 2.00 bits per heavy atom. The topological polar surface area (TPSA) is 59.8 Å². The largest absolute Gasteiger partial charge is 0.493 e. The van der Waals surface area contributed by atoms with E-state index in [0.717, 1.165) is 56.1 Å². The molecule has 1 aliphatic heterocycles. The number of nitrogens with zero attached hydrogens (tertiary/aromatic N) is 4. The van der Waals surface area contributed by atoms with Crippen molar-refractivity contribution in [1.82, 2.24) is 19.6 Å². The van der Waals surface area contributed by atoms with Gasteiger partial charge in [0.2, 0.25) is 0 Å². The molecule has 0 radical (unpaired) electrons. The van der Waals surface area contributed by atoms with Gasteiger partial charge in [0.05, 0.1) is 14.2 Å². The number of carbonyl (C=O) groups is 1. The Morgan fingerprint density at radius 1 is 1.24 bits per heavy atom. The SMILES string of the molecule is COc1ccc(CCN(C)[C@@H]2CCCN(C(=O)c3cc(C)n(C)n3)C2)cc1OC. The second-order valence-corrected chi connectivity index (χ2v) is 7.76. The summed E-state index contributed by atoms with van der Waals surface area (Å²) in [5.74, 6) is 1.54. The summed E-state index contributed by atoms with van der Waals surface area (Å²) in [6, 6.07) is 8.29. The first kappa shape index (κ1) is 21.2. The number of amides is 1. The van der Waals surface area contributed by atoms with Gasteiger partial charge in [-0.2, -0.15) is 5.10 Å². The summed E-state index contributed by atoms with van der Waals surface area (Å²) < 4.78 is 12.5. The van der Waals surface area contributed by atoms with Crippen LogP contribution in [-0.4, -0.2) is 72.4 Å². The lowest BCUT2D eigenvalue weighted by Crippen LogP contribution is -2.49. The van der Waals surface area contributed by atoms with Gasteiger partial charge < -0.3 is 19.3 Å². The van der Waals surface area contributed by atoms with Gasteiger partial charge >= 0.3 is 0 Å². The van der Waals surface area contributed by atoms with Crippen LogP contribution in [0.1, 0.15) is 34.6 Å². The maximum atomic E-state index is 12.8. The zero-order valence-corrected chi connectivity index (χ0v) is 18.1. The highest BCUT2D eigenvalue weighted by atomic mass is 16.5. The molecule has 7 nitrogen and oxygen atoms in total. The summed E-state index contributed by atoms with van der Waals surface area (Å²) in [4.78, 5) is 17.2. The van der Waals surface area contributed by atoms with Crippen LogP contribution in [0.5, 0.6) is 11.5 Å². The summed E-state index contributed by atoms with van der Waals surface area (Å²) in [7, 11) is 7.32. The van der Waals surface area contributed by atoms with Crippen LogP contribution in [0.2, 0.25) is 0 Å². The molecule has 0 N–H and O–H groups in total. The van der Waals surface area contributed by atoms with Gasteiger partial charge in [-0.15, -0.1) is 0 Å². The molecule has 2 heterocycles. The zero-order valence-electron chi connectivity index (χ0n) is 18.1. The fourth-order valence-corrected chi connectivity index (χ4v) is 3.85. The van der Waals surface area contributed by atoms with Crippen molar-refractivity contribution in [3.8, 4) is 11.5 Å². The number of rotatable bonds is 7. The van der Waals surface area contributed by atoms with E-state index in [1.807, 2.05) is 37.1 Å². The zero-order chi connectivity index (χ0) is 21.0. The van der Waals surface area contributed by atoms with Crippen molar-refractivity contribution in [2.24, 2.45) is 7.05 Å². The summed E-state index contributed by atoms with van der Waals surface area (Å²) in [5, 5.41) is 4.35. The van der Waals surface area contributed by atoms with Gasteiger partial charge in [-0.3, -0.25) is 9.48 Å². The second kappa shape index (κ2) is 9.31. The maximum absolute atomic E-state index is 12.8. The van der Waals surface area contributed by atoms with E-state index in [1.165, 1.54) is 5.56 Å². The van der Waals surface area contributed by atoms with Crippen molar-refractivity contribution in [2.45, 2.75) is 32.2 Å². The minimum atomic E-state index is 0.0340. The van der Waals surface area contributed by atoms with E-state index < -0.39 is 0 Å². The number of likely N-dealkylation sites (N-methyl/N-ethyl adjacent to an activating group) is 1. The number of aryl methyl sites for hydroxylation is 2. The summed E-state index contributed by atoms with van der Waals surface area (Å²) in [5.41, 5.74) is 2.75. The Hall–Kier alpha value is -2.54. The number of methoxy groups -OCH3 is 2. The molecule has 29 heavy (non-hydrogen) atoms. The van der Waals surface area contributed by atoms with Crippen molar-refractivity contribution < 1.29 is 14.3 Å². The number of ether oxygens (including phenoxy) is 2. The molecular weight excluding hydrogens is 368 g/mol. The Balaban J connectivity index is 1.58. The molecule has 158 valence electrons. The van der Waals surface area contributed by atoms with E-state index in [0.29, 0.717) is 11.7 Å². The fourth-order valence-electron chi connectivity index (χ4n) is 3.85. The minimum Gasteiger partial charge on any atom is -0.493 e. The van der Waals surface area contributed by atoms with Crippen LogP contribution in [0.15, 0.2) is 24.3 Å². The van der Waals surface area contributed by atoms with Gasteiger partial charge in [0.1, 0.15) is 0 Å². The van der Waals surface area contributed by atoms with Crippen molar-refractivity contribution in [2.75, 3.05) is 40.9 Å². The van der Waals surface area contributed by atoms with Crippen molar-refractivity contribution in [3.63, 3.8) is 0 Å². The molecule has 1 fully saturated rings. The van der Waals surface area contributed by atoms with Crippen LogP contribution in [0.25, 0.3) is 0 Å². The van der Waals surface area contributed by atoms with Crippen molar-refractivity contribution in [3.05, 3.63) is 41.2 Å². The fraction of sp³-hybridized carbons (Fsp3) is 0.545. The molecule has 7 heteroatoms. The Bertz CT molecular complexity index is 829. The predicted octanol–water partition coefficient (Wildman–Crippen LogP) is 2.52. The van der Waals surface area contributed by atoms with E-state index in [4.69, 9.17) is 9.47 Å². The predicted molar refractivity (Wildman–Crippen MR) is 113 cm³/mol. The van der Waals surface area contributed by atoms with Crippen LogP contribution in [0.4, 0.5) is 0 Å². The van der Waals surface area contributed by atoms with E-state index in [1.54, 1.807) is 18.9 Å². The third kappa shape index (κ3) is 4.90. The molecule has 0 aliphatic carbocycles. The smallest absolute Gasteiger partial charge is 0.274 e. The second-order valence-electron chi connectivity index (χ2n) is 7.76. The average molecular weight is 401 g/mol. The molecular formula is C22H32N4O3. The first-order valence-corrected chi connectivity index (χ1v) is 10.1. The summed E-state index contributed by atoms with van der Waals surface area (Å²) in [6.45, 7) is 4.43. The lowest BCUT2D eigenvalue weighted by Gasteiger charge is -2.37. The molecule has 1 aliphatic rings. The van der Waals surface area contributed by atoms with Gasteiger partial charge in [-0.05, 0) is 57.0 Å². The number of hydrogen-bond acceptors (Lipinski definition) is 5. The van der Waals surface area contributed by atoms with Gasteiger partial charge in [0.25, 0.3) is 5.91 Å². The lowest BCUT2D eigenvalue weighted by molar-refractivity contribution is 0.0605.